The average molecular weight is 316 g/mol. The smallest absolute Gasteiger partial charge is 0.244 e. The van der Waals surface area contributed by atoms with Crippen LogP contribution in [0.25, 0.3) is 0 Å². The van der Waals surface area contributed by atoms with Crippen LogP contribution in [-0.4, -0.2) is 50.0 Å². The minimum atomic E-state index is -3.55. The molecule has 1 fully saturated rings. The molecule has 2 N–H and O–H groups in total. The Morgan fingerprint density at radius 1 is 1.52 bits per heavy atom. The molecular formula is C13H24N4O3S. The highest BCUT2D eigenvalue weighted by Crippen LogP contribution is 2.21. The van der Waals surface area contributed by atoms with Gasteiger partial charge in [0.25, 0.3) is 0 Å². The first-order valence-corrected chi connectivity index (χ1v) is 8.78. The number of aromatic nitrogens is 2. The molecule has 1 unspecified atom stereocenters. The number of rotatable bonds is 8. The van der Waals surface area contributed by atoms with Gasteiger partial charge in [-0.3, -0.25) is 4.68 Å². The maximum atomic E-state index is 12.4. The van der Waals surface area contributed by atoms with E-state index in [2.05, 4.69) is 22.1 Å². The van der Waals surface area contributed by atoms with E-state index in [1.165, 1.54) is 6.20 Å². The molecule has 120 valence electrons. The largest absolute Gasteiger partial charge is 0.379 e. The first-order valence-electron chi connectivity index (χ1n) is 7.30. The van der Waals surface area contributed by atoms with Crippen molar-refractivity contribution in [2.75, 3.05) is 26.3 Å². The molecule has 0 saturated carbocycles. The summed E-state index contributed by atoms with van der Waals surface area (Å²) in [5, 5.41) is 7.34. The van der Waals surface area contributed by atoms with E-state index < -0.39 is 15.6 Å². The Balaban J connectivity index is 1.95. The molecule has 1 saturated heterocycles. The standard InChI is InChI=1S/C13H24N4O3S/c1-3-14-6-4-7-17-10-12(9-15-17)21(18,19)16-13(2)5-8-20-11-13/h9-10,14,16H,3-8,11H2,1-2H3. The van der Waals surface area contributed by atoms with Crippen LogP contribution in [0.15, 0.2) is 17.3 Å². The Morgan fingerprint density at radius 3 is 3.00 bits per heavy atom. The van der Waals surface area contributed by atoms with Crippen molar-refractivity contribution < 1.29 is 13.2 Å². The quantitative estimate of drug-likeness (QED) is 0.676. The van der Waals surface area contributed by atoms with Crippen LogP contribution in [0, 0.1) is 0 Å². The Kier molecular flexibility index (Phi) is 5.37. The molecule has 2 heterocycles. The van der Waals surface area contributed by atoms with E-state index in [1.54, 1.807) is 10.9 Å². The van der Waals surface area contributed by atoms with Crippen LogP contribution in [-0.2, 0) is 21.3 Å². The van der Waals surface area contributed by atoms with Crippen LogP contribution < -0.4 is 10.0 Å². The number of ether oxygens (including phenoxy) is 1. The summed E-state index contributed by atoms with van der Waals surface area (Å²) in [4.78, 5) is 0.207. The summed E-state index contributed by atoms with van der Waals surface area (Å²) in [6.45, 7) is 7.43. The summed E-state index contributed by atoms with van der Waals surface area (Å²) in [7, 11) is -3.55. The third kappa shape index (κ3) is 4.50. The summed E-state index contributed by atoms with van der Waals surface area (Å²) in [6, 6.07) is 0. The second-order valence-electron chi connectivity index (χ2n) is 5.61. The number of hydrogen-bond donors (Lipinski definition) is 2. The zero-order valence-corrected chi connectivity index (χ0v) is 13.4. The Morgan fingerprint density at radius 2 is 2.33 bits per heavy atom. The van der Waals surface area contributed by atoms with Crippen molar-refractivity contribution in [1.29, 1.82) is 0 Å². The van der Waals surface area contributed by atoms with Gasteiger partial charge in [0.05, 0.1) is 18.3 Å². The lowest BCUT2D eigenvalue weighted by Crippen LogP contribution is -2.46. The molecule has 1 atom stereocenters. The highest BCUT2D eigenvalue weighted by molar-refractivity contribution is 7.89. The molecule has 0 spiro atoms. The van der Waals surface area contributed by atoms with E-state index in [1.807, 2.05) is 6.92 Å². The maximum absolute atomic E-state index is 12.4. The summed E-state index contributed by atoms with van der Waals surface area (Å²) < 4.78 is 34.4. The second-order valence-corrected chi connectivity index (χ2v) is 7.30. The topological polar surface area (TPSA) is 85.2 Å². The zero-order valence-electron chi connectivity index (χ0n) is 12.6. The molecular weight excluding hydrogens is 292 g/mol. The highest BCUT2D eigenvalue weighted by Gasteiger charge is 2.35. The van der Waals surface area contributed by atoms with E-state index >= 15 is 0 Å². The Labute approximate surface area is 126 Å². The number of hydrogen-bond acceptors (Lipinski definition) is 5. The van der Waals surface area contributed by atoms with Gasteiger partial charge in [-0.25, -0.2) is 13.1 Å². The molecule has 0 radical (unpaired) electrons. The molecule has 21 heavy (non-hydrogen) atoms. The Bertz CT molecular complexity index is 550. The van der Waals surface area contributed by atoms with Gasteiger partial charge in [-0.1, -0.05) is 6.92 Å². The van der Waals surface area contributed by atoms with E-state index in [9.17, 15) is 8.42 Å². The lowest BCUT2D eigenvalue weighted by atomic mass is 10.0. The lowest BCUT2D eigenvalue weighted by molar-refractivity contribution is 0.178. The monoisotopic (exact) mass is 316 g/mol. The molecule has 7 nitrogen and oxygen atoms in total. The number of sulfonamides is 1. The van der Waals surface area contributed by atoms with Crippen molar-refractivity contribution in [3.8, 4) is 0 Å². The average Bonchev–Trinajstić information content (AvgIpc) is 3.04. The molecule has 0 bridgehead atoms. The predicted octanol–water partition coefficient (Wildman–Crippen LogP) is 0.340. The molecule has 2 rings (SSSR count). The normalized spacial score (nSPS) is 22.8. The van der Waals surface area contributed by atoms with Gasteiger partial charge in [0.2, 0.25) is 10.0 Å². The van der Waals surface area contributed by atoms with Gasteiger partial charge in [-0.05, 0) is 32.9 Å². The fraction of sp³-hybridized carbons (Fsp3) is 0.769. The molecule has 0 amide bonds. The van der Waals surface area contributed by atoms with Crippen LogP contribution in [0.1, 0.15) is 26.7 Å². The molecule has 8 heteroatoms. The lowest BCUT2D eigenvalue weighted by Gasteiger charge is -2.22. The minimum absolute atomic E-state index is 0.207. The summed E-state index contributed by atoms with van der Waals surface area (Å²) in [5.74, 6) is 0. The zero-order chi connectivity index (χ0) is 15.3. The van der Waals surface area contributed by atoms with E-state index in [0.717, 1.165) is 19.5 Å². The van der Waals surface area contributed by atoms with Crippen molar-refractivity contribution >= 4 is 10.0 Å². The van der Waals surface area contributed by atoms with Crippen LogP contribution >= 0.6 is 0 Å². The van der Waals surface area contributed by atoms with E-state index in [0.29, 0.717) is 26.2 Å². The van der Waals surface area contributed by atoms with Crippen LogP contribution in [0.3, 0.4) is 0 Å². The van der Waals surface area contributed by atoms with Gasteiger partial charge in [0.15, 0.2) is 0 Å². The summed E-state index contributed by atoms with van der Waals surface area (Å²) >= 11 is 0. The third-order valence-electron chi connectivity index (χ3n) is 3.51. The SMILES string of the molecule is CCNCCCn1cc(S(=O)(=O)NC2(C)CCOC2)cn1. The molecule has 0 aliphatic carbocycles. The molecule has 1 aromatic rings. The molecule has 1 aromatic heterocycles. The number of nitrogens with one attached hydrogen (secondary N) is 2. The molecule has 1 aliphatic heterocycles. The van der Waals surface area contributed by atoms with Crippen molar-refractivity contribution in [1.82, 2.24) is 19.8 Å². The predicted molar refractivity (Wildman–Crippen MR) is 79.6 cm³/mol. The van der Waals surface area contributed by atoms with E-state index in [4.69, 9.17) is 4.74 Å². The Hall–Kier alpha value is -0.960. The van der Waals surface area contributed by atoms with E-state index in [-0.39, 0.29) is 4.90 Å². The first-order chi connectivity index (χ1) is 9.95. The fourth-order valence-corrected chi connectivity index (χ4v) is 3.65. The van der Waals surface area contributed by atoms with Gasteiger partial charge < -0.3 is 10.1 Å². The van der Waals surface area contributed by atoms with Gasteiger partial charge in [-0.15, -0.1) is 0 Å². The van der Waals surface area contributed by atoms with Crippen molar-refractivity contribution in [3.05, 3.63) is 12.4 Å². The maximum Gasteiger partial charge on any atom is 0.244 e. The number of nitrogens with zero attached hydrogens (tertiary/aromatic N) is 2. The minimum Gasteiger partial charge on any atom is -0.379 e. The van der Waals surface area contributed by atoms with Gasteiger partial charge >= 0.3 is 0 Å². The summed E-state index contributed by atoms with van der Waals surface area (Å²) in [6.07, 6.45) is 4.57. The van der Waals surface area contributed by atoms with Crippen molar-refractivity contribution in [3.63, 3.8) is 0 Å². The van der Waals surface area contributed by atoms with Gasteiger partial charge in [0.1, 0.15) is 4.90 Å². The molecule has 1 aliphatic rings. The third-order valence-corrected chi connectivity index (χ3v) is 5.10. The highest BCUT2D eigenvalue weighted by atomic mass is 32.2. The number of aryl methyl sites for hydroxylation is 1. The van der Waals surface area contributed by atoms with Crippen LogP contribution in [0.4, 0.5) is 0 Å². The first kappa shape index (κ1) is 16.4. The van der Waals surface area contributed by atoms with Gasteiger partial charge in [0, 0.05) is 19.3 Å². The van der Waals surface area contributed by atoms with Crippen molar-refractivity contribution in [2.45, 2.75) is 43.7 Å². The summed E-state index contributed by atoms with van der Waals surface area (Å²) in [5.41, 5.74) is -0.522. The molecule has 0 aromatic carbocycles. The van der Waals surface area contributed by atoms with Crippen LogP contribution in [0.5, 0.6) is 0 Å². The second kappa shape index (κ2) is 6.87. The van der Waals surface area contributed by atoms with Crippen LogP contribution in [0.2, 0.25) is 0 Å². The van der Waals surface area contributed by atoms with Crippen molar-refractivity contribution in [2.24, 2.45) is 0 Å². The van der Waals surface area contributed by atoms with Gasteiger partial charge in [-0.2, -0.15) is 5.10 Å². The fourth-order valence-electron chi connectivity index (χ4n) is 2.28.